The predicted molar refractivity (Wildman–Crippen MR) is 86.5 cm³/mol. The minimum atomic E-state index is 0.563. The van der Waals surface area contributed by atoms with Crippen LogP contribution in [0.25, 0.3) is 0 Å². The fourth-order valence-corrected chi connectivity index (χ4v) is 3.38. The van der Waals surface area contributed by atoms with E-state index in [1.165, 1.54) is 11.8 Å². The number of thiazole rings is 1. The first-order valence-corrected chi connectivity index (χ1v) is 8.59. The molecule has 2 heterocycles. The summed E-state index contributed by atoms with van der Waals surface area (Å²) in [6.07, 6.45) is 0.563. The lowest BCUT2D eigenvalue weighted by molar-refractivity contribution is 0.400. The number of thioether (sulfide) groups is 1. The third kappa shape index (κ3) is 3.66. The van der Waals surface area contributed by atoms with Crippen molar-refractivity contribution in [3.8, 4) is 5.75 Å². The smallest absolute Gasteiger partial charge is 0.276 e. The van der Waals surface area contributed by atoms with E-state index in [0.717, 1.165) is 27.8 Å². The summed E-state index contributed by atoms with van der Waals surface area (Å²) in [6.45, 7) is 2.00. The number of rotatable bonds is 6. The molecule has 0 saturated carbocycles. The van der Waals surface area contributed by atoms with Crippen LogP contribution in [0, 0.1) is 6.92 Å². The average Bonchev–Trinajstić information content (AvgIpc) is 3.15. The quantitative estimate of drug-likeness (QED) is 0.641. The second-order valence-corrected chi connectivity index (χ2v) is 6.59. The van der Waals surface area contributed by atoms with E-state index >= 15 is 0 Å². The average molecular weight is 333 g/mol. The van der Waals surface area contributed by atoms with Gasteiger partial charge in [0.2, 0.25) is 5.89 Å². The van der Waals surface area contributed by atoms with Gasteiger partial charge in [0.15, 0.2) is 0 Å². The maximum atomic E-state index is 5.68. The molecule has 0 atom stereocenters. The number of ether oxygens (including phenoxy) is 1. The lowest BCUT2D eigenvalue weighted by Crippen LogP contribution is -1.93. The van der Waals surface area contributed by atoms with Crippen LogP contribution >= 0.6 is 23.1 Å². The molecule has 0 radical (unpaired) electrons. The molecule has 3 aromatic rings. The second kappa shape index (κ2) is 6.93. The molecule has 22 heavy (non-hydrogen) atoms. The monoisotopic (exact) mass is 333 g/mol. The highest BCUT2D eigenvalue weighted by Crippen LogP contribution is 2.25. The van der Waals surface area contributed by atoms with E-state index in [4.69, 9.17) is 9.15 Å². The van der Waals surface area contributed by atoms with E-state index in [0.29, 0.717) is 17.5 Å². The Balaban J connectivity index is 1.63. The molecule has 1 aromatic carbocycles. The van der Waals surface area contributed by atoms with E-state index < -0.39 is 0 Å². The molecule has 0 unspecified atom stereocenters. The highest BCUT2D eigenvalue weighted by Gasteiger charge is 2.11. The molecule has 0 aliphatic rings. The Morgan fingerprint density at radius 2 is 2.14 bits per heavy atom. The molecule has 3 rings (SSSR count). The van der Waals surface area contributed by atoms with Crippen molar-refractivity contribution in [1.82, 2.24) is 15.2 Å². The number of aromatic nitrogens is 3. The van der Waals surface area contributed by atoms with E-state index in [9.17, 15) is 0 Å². The standard InChI is InChI=1S/C15H15N3O2S2/c1-10-16-12(8-21-10)9-22-15-18-17-14(20-15)7-11-5-3-4-6-13(11)19-2/h3-6,8H,7,9H2,1-2H3. The molecule has 2 aromatic heterocycles. The zero-order chi connectivity index (χ0) is 15.4. The van der Waals surface area contributed by atoms with Gasteiger partial charge in [-0.25, -0.2) is 4.98 Å². The van der Waals surface area contributed by atoms with Crippen molar-refractivity contribution in [2.24, 2.45) is 0 Å². The Kier molecular flexibility index (Phi) is 4.74. The topological polar surface area (TPSA) is 61.0 Å². The highest BCUT2D eigenvalue weighted by atomic mass is 32.2. The van der Waals surface area contributed by atoms with Crippen LogP contribution in [-0.4, -0.2) is 22.3 Å². The molecule has 0 fully saturated rings. The lowest BCUT2D eigenvalue weighted by atomic mass is 10.1. The Bertz CT molecular complexity index is 755. The van der Waals surface area contributed by atoms with E-state index in [1.807, 2.05) is 31.2 Å². The van der Waals surface area contributed by atoms with Gasteiger partial charge in [-0.05, 0) is 13.0 Å². The van der Waals surface area contributed by atoms with Crippen molar-refractivity contribution >= 4 is 23.1 Å². The molecule has 0 aliphatic heterocycles. The third-order valence-electron chi connectivity index (χ3n) is 2.99. The Labute approximate surface area is 136 Å². The number of benzene rings is 1. The summed E-state index contributed by atoms with van der Waals surface area (Å²) < 4.78 is 11.0. The number of hydrogen-bond donors (Lipinski definition) is 0. The zero-order valence-corrected chi connectivity index (χ0v) is 13.9. The van der Waals surface area contributed by atoms with Crippen LogP contribution in [0.3, 0.4) is 0 Å². The Morgan fingerprint density at radius 3 is 2.91 bits per heavy atom. The summed E-state index contributed by atoms with van der Waals surface area (Å²) in [7, 11) is 1.66. The molecule has 7 heteroatoms. The second-order valence-electron chi connectivity index (χ2n) is 4.60. The van der Waals surface area contributed by atoms with Crippen molar-refractivity contribution in [2.45, 2.75) is 24.3 Å². The highest BCUT2D eigenvalue weighted by molar-refractivity contribution is 7.98. The van der Waals surface area contributed by atoms with Crippen LogP contribution in [0.15, 0.2) is 39.3 Å². The first kappa shape index (κ1) is 15.1. The van der Waals surface area contributed by atoms with Gasteiger partial charge in [-0.3, -0.25) is 0 Å². The van der Waals surface area contributed by atoms with Gasteiger partial charge >= 0.3 is 0 Å². The minimum absolute atomic E-state index is 0.563. The van der Waals surface area contributed by atoms with Crippen molar-refractivity contribution in [2.75, 3.05) is 7.11 Å². The molecule has 0 amide bonds. The van der Waals surface area contributed by atoms with Gasteiger partial charge in [-0.1, -0.05) is 30.0 Å². The summed E-state index contributed by atoms with van der Waals surface area (Å²) in [5, 5.41) is 11.8. The molecule has 114 valence electrons. The molecule has 0 spiro atoms. The van der Waals surface area contributed by atoms with Crippen LogP contribution in [0.2, 0.25) is 0 Å². The molecule has 5 nitrogen and oxygen atoms in total. The van der Waals surface area contributed by atoms with Crippen molar-refractivity contribution in [1.29, 1.82) is 0 Å². The molecule has 0 N–H and O–H groups in total. The third-order valence-corrected chi connectivity index (χ3v) is 4.67. The van der Waals surface area contributed by atoms with Gasteiger partial charge in [-0.2, -0.15) is 0 Å². The summed E-state index contributed by atoms with van der Waals surface area (Å²) in [5.74, 6) is 2.15. The number of nitrogens with zero attached hydrogens (tertiary/aromatic N) is 3. The van der Waals surface area contributed by atoms with Gasteiger partial charge < -0.3 is 9.15 Å². The van der Waals surface area contributed by atoms with Gasteiger partial charge in [0, 0.05) is 16.7 Å². The zero-order valence-electron chi connectivity index (χ0n) is 12.3. The van der Waals surface area contributed by atoms with Crippen LogP contribution in [0.1, 0.15) is 22.2 Å². The summed E-state index contributed by atoms with van der Waals surface area (Å²) in [6, 6.07) is 7.82. The van der Waals surface area contributed by atoms with Crippen LogP contribution in [0.5, 0.6) is 5.75 Å². The van der Waals surface area contributed by atoms with Gasteiger partial charge in [0.25, 0.3) is 5.22 Å². The van der Waals surface area contributed by atoms with Gasteiger partial charge in [0.1, 0.15) is 5.75 Å². The summed E-state index contributed by atoms with van der Waals surface area (Å²) >= 11 is 3.15. The minimum Gasteiger partial charge on any atom is -0.496 e. The lowest BCUT2D eigenvalue weighted by Gasteiger charge is -2.05. The maximum Gasteiger partial charge on any atom is 0.276 e. The van der Waals surface area contributed by atoms with Gasteiger partial charge in [-0.15, -0.1) is 21.5 Å². The van der Waals surface area contributed by atoms with Crippen molar-refractivity contribution < 1.29 is 9.15 Å². The van der Waals surface area contributed by atoms with E-state index in [2.05, 4.69) is 20.6 Å². The number of aryl methyl sites for hydroxylation is 1. The maximum absolute atomic E-state index is 5.68. The molecule has 0 bridgehead atoms. The Morgan fingerprint density at radius 1 is 1.27 bits per heavy atom. The fourth-order valence-electron chi connectivity index (χ4n) is 1.99. The summed E-state index contributed by atoms with van der Waals surface area (Å²) in [5.41, 5.74) is 2.07. The molecule has 0 saturated heterocycles. The summed E-state index contributed by atoms with van der Waals surface area (Å²) in [4.78, 5) is 4.41. The van der Waals surface area contributed by atoms with E-state index in [1.54, 1.807) is 18.4 Å². The van der Waals surface area contributed by atoms with Gasteiger partial charge in [0.05, 0.1) is 24.2 Å². The largest absolute Gasteiger partial charge is 0.496 e. The van der Waals surface area contributed by atoms with Crippen LogP contribution in [0.4, 0.5) is 0 Å². The number of para-hydroxylation sites is 1. The van der Waals surface area contributed by atoms with Crippen LogP contribution in [-0.2, 0) is 12.2 Å². The first-order valence-electron chi connectivity index (χ1n) is 6.72. The Hall–Kier alpha value is -1.86. The molecular weight excluding hydrogens is 318 g/mol. The van der Waals surface area contributed by atoms with E-state index in [-0.39, 0.29) is 0 Å². The molecular formula is C15H15N3O2S2. The molecule has 0 aliphatic carbocycles. The fraction of sp³-hybridized carbons (Fsp3) is 0.267. The number of hydrogen-bond acceptors (Lipinski definition) is 7. The predicted octanol–water partition coefficient (Wildman–Crippen LogP) is 3.73. The number of methoxy groups -OCH3 is 1. The van der Waals surface area contributed by atoms with Crippen molar-refractivity contribution in [3.05, 3.63) is 51.8 Å². The van der Waals surface area contributed by atoms with Crippen molar-refractivity contribution in [3.63, 3.8) is 0 Å². The van der Waals surface area contributed by atoms with Crippen LogP contribution < -0.4 is 4.74 Å². The first-order chi connectivity index (χ1) is 10.7. The SMILES string of the molecule is COc1ccccc1Cc1nnc(SCc2csc(C)n2)o1. The normalized spacial score (nSPS) is 10.8.